The van der Waals surface area contributed by atoms with Crippen molar-refractivity contribution in [1.82, 2.24) is 0 Å². The molecule has 0 N–H and O–H groups in total. The molecule has 0 saturated carbocycles. The Morgan fingerprint density at radius 2 is 1.56 bits per heavy atom. The first kappa shape index (κ1) is 12.6. The molecular formula is C17H18O. The van der Waals surface area contributed by atoms with Gasteiger partial charge in [-0.2, -0.15) is 0 Å². The molecule has 0 unspecified atom stereocenters. The zero-order chi connectivity index (χ0) is 13.3. The molecule has 0 aliphatic rings. The average molecular weight is 238 g/mol. The summed E-state index contributed by atoms with van der Waals surface area (Å²) in [5.41, 5.74) is 6.93. The first-order valence-electron chi connectivity index (χ1n) is 6.18. The summed E-state index contributed by atoms with van der Waals surface area (Å²) >= 11 is 0. The van der Waals surface area contributed by atoms with Gasteiger partial charge in [-0.3, -0.25) is 4.79 Å². The number of hydrogen-bond donors (Lipinski definition) is 0. The molecule has 0 heterocycles. The van der Waals surface area contributed by atoms with Crippen LogP contribution in [0.3, 0.4) is 0 Å². The molecular weight excluding hydrogens is 220 g/mol. The van der Waals surface area contributed by atoms with Crippen molar-refractivity contribution in [3.8, 4) is 11.1 Å². The molecule has 92 valence electrons. The minimum atomic E-state index is 0.110. The van der Waals surface area contributed by atoms with Crippen molar-refractivity contribution in [2.45, 2.75) is 27.7 Å². The lowest BCUT2D eigenvalue weighted by atomic mass is 9.94. The quantitative estimate of drug-likeness (QED) is 0.705. The summed E-state index contributed by atoms with van der Waals surface area (Å²) < 4.78 is 0. The lowest BCUT2D eigenvalue weighted by molar-refractivity contribution is 0.101. The minimum absolute atomic E-state index is 0.110. The van der Waals surface area contributed by atoms with E-state index in [4.69, 9.17) is 0 Å². The van der Waals surface area contributed by atoms with Gasteiger partial charge in [-0.25, -0.2) is 0 Å². The predicted octanol–water partition coefficient (Wildman–Crippen LogP) is 4.48. The van der Waals surface area contributed by atoms with Crippen molar-refractivity contribution in [2.24, 2.45) is 0 Å². The molecule has 2 rings (SSSR count). The highest BCUT2D eigenvalue weighted by molar-refractivity contribution is 5.95. The minimum Gasteiger partial charge on any atom is -0.295 e. The Balaban J connectivity index is 2.58. The number of carbonyl (C=O) groups is 1. The maximum atomic E-state index is 11.4. The number of benzene rings is 2. The smallest absolute Gasteiger partial charge is 0.159 e. The third-order valence-corrected chi connectivity index (χ3v) is 3.42. The van der Waals surface area contributed by atoms with Crippen LogP contribution in [0.1, 0.15) is 34.0 Å². The van der Waals surface area contributed by atoms with Gasteiger partial charge in [0.2, 0.25) is 0 Å². The molecule has 0 fully saturated rings. The second-order valence-corrected chi connectivity index (χ2v) is 4.89. The van der Waals surface area contributed by atoms with Crippen LogP contribution in [0.5, 0.6) is 0 Å². The summed E-state index contributed by atoms with van der Waals surface area (Å²) in [6.45, 7) is 7.96. The van der Waals surface area contributed by atoms with E-state index in [1.807, 2.05) is 18.2 Å². The van der Waals surface area contributed by atoms with Gasteiger partial charge in [-0.1, -0.05) is 30.3 Å². The summed E-state index contributed by atoms with van der Waals surface area (Å²) in [5.74, 6) is 0.110. The van der Waals surface area contributed by atoms with E-state index in [0.717, 1.165) is 11.1 Å². The van der Waals surface area contributed by atoms with Crippen LogP contribution < -0.4 is 0 Å². The van der Waals surface area contributed by atoms with Gasteiger partial charge in [0, 0.05) is 5.56 Å². The van der Waals surface area contributed by atoms with Crippen LogP contribution in [-0.2, 0) is 0 Å². The third kappa shape index (κ3) is 2.35. The third-order valence-electron chi connectivity index (χ3n) is 3.42. The second kappa shape index (κ2) is 4.77. The number of Topliss-reactive ketones (excluding diaryl/α,β-unsaturated/α-hetero) is 1. The summed E-state index contributed by atoms with van der Waals surface area (Å²) in [7, 11) is 0. The zero-order valence-electron chi connectivity index (χ0n) is 11.4. The molecule has 1 heteroatoms. The molecule has 0 bridgehead atoms. The molecule has 0 aliphatic carbocycles. The van der Waals surface area contributed by atoms with Gasteiger partial charge in [0.05, 0.1) is 0 Å². The first-order chi connectivity index (χ1) is 8.49. The van der Waals surface area contributed by atoms with E-state index in [1.165, 1.54) is 22.3 Å². The molecule has 0 spiro atoms. The molecule has 0 saturated heterocycles. The van der Waals surface area contributed by atoms with Gasteiger partial charge in [-0.15, -0.1) is 0 Å². The van der Waals surface area contributed by atoms with E-state index in [2.05, 4.69) is 39.0 Å². The Morgan fingerprint density at radius 3 is 2.22 bits per heavy atom. The number of rotatable bonds is 2. The topological polar surface area (TPSA) is 17.1 Å². The fraction of sp³-hybridized carbons (Fsp3) is 0.235. The number of carbonyl (C=O) groups excluding carboxylic acids is 1. The van der Waals surface area contributed by atoms with Crippen molar-refractivity contribution >= 4 is 5.78 Å². The van der Waals surface area contributed by atoms with Crippen LogP contribution in [-0.4, -0.2) is 5.78 Å². The van der Waals surface area contributed by atoms with E-state index < -0.39 is 0 Å². The average Bonchev–Trinajstić information content (AvgIpc) is 2.34. The Kier molecular flexibility index (Phi) is 3.33. The highest BCUT2D eigenvalue weighted by atomic mass is 16.1. The Hall–Kier alpha value is -1.89. The summed E-state index contributed by atoms with van der Waals surface area (Å²) in [5, 5.41) is 0. The molecule has 2 aromatic carbocycles. The van der Waals surface area contributed by atoms with E-state index in [9.17, 15) is 4.79 Å². The van der Waals surface area contributed by atoms with Crippen molar-refractivity contribution in [3.63, 3.8) is 0 Å². The number of ketones is 1. The lowest BCUT2D eigenvalue weighted by Crippen LogP contribution is -1.93. The summed E-state index contributed by atoms with van der Waals surface area (Å²) in [6, 6.07) is 12.2. The number of aryl methyl sites for hydroxylation is 3. The maximum Gasteiger partial charge on any atom is 0.159 e. The summed E-state index contributed by atoms with van der Waals surface area (Å²) in [6.07, 6.45) is 0. The predicted molar refractivity (Wildman–Crippen MR) is 76.1 cm³/mol. The van der Waals surface area contributed by atoms with Crippen LogP contribution in [0.4, 0.5) is 0 Å². The van der Waals surface area contributed by atoms with Gasteiger partial charge < -0.3 is 0 Å². The van der Waals surface area contributed by atoms with Crippen molar-refractivity contribution < 1.29 is 4.79 Å². The first-order valence-corrected chi connectivity index (χ1v) is 6.18. The highest BCUT2D eigenvalue weighted by Gasteiger charge is 2.06. The van der Waals surface area contributed by atoms with Gasteiger partial charge in [0.1, 0.15) is 0 Å². The largest absolute Gasteiger partial charge is 0.295 e. The molecule has 0 radical (unpaired) electrons. The van der Waals surface area contributed by atoms with E-state index in [-0.39, 0.29) is 5.78 Å². The fourth-order valence-electron chi connectivity index (χ4n) is 2.18. The summed E-state index contributed by atoms with van der Waals surface area (Å²) in [4.78, 5) is 11.4. The van der Waals surface area contributed by atoms with Gasteiger partial charge in [0.25, 0.3) is 0 Å². The molecule has 0 atom stereocenters. The van der Waals surface area contributed by atoms with Crippen molar-refractivity contribution in [3.05, 3.63) is 58.7 Å². The van der Waals surface area contributed by atoms with Crippen molar-refractivity contribution in [1.29, 1.82) is 0 Å². The molecule has 0 aromatic heterocycles. The maximum absolute atomic E-state index is 11.4. The highest BCUT2D eigenvalue weighted by Crippen LogP contribution is 2.27. The van der Waals surface area contributed by atoms with E-state index >= 15 is 0 Å². The monoisotopic (exact) mass is 238 g/mol. The van der Waals surface area contributed by atoms with Gasteiger partial charge in [-0.05, 0) is 61.6 Å². The van der Waals surface area contributed by atoms with E-state index in [1.54, 1.807) is 6.92 Å². The Bertz CT molecular complexity index is 609. The SMILES string of the molecule is CC(=O)c1cccc(-c2cc(C)c(C)cc2C)c1. The van der Waals surface area contributed by atoms with Crippen LogP contribution in [0, 0.1) is 20.8 Å². The van der Waals surface area contributed by atoms with Crippen LogP contribution >= 0.6 is 0 Å². The second-order valence-electron chi connectivity index (χ2n) is 4.89. The molecule has 18 heavy (non-hydrogen) atoms. The Labute approximate surface area is 108 Å². The Morgan fingerprint density at radius 1 is 0.889 bits per heavy atom. The van der Waals surface area contributed by atoms with Crippen LogP contribution in [0.25, 0.3) is 11.1 Å². The normalized spacial score (nSPS) is 10.4. The van der Waals surface area contributed by atoms with Crippen molar-refractivity contribution in [2.75, 3.05) is 0 Å². The number of hydrogen-bond acceptors (Lipinski definition) is 1. The van der Waals surface area contributed by atoms with Gasteiger partial charge in [0.15, 0.2) is 5.78 Å². The van der Waals surface area contributed by atoms with Crippen LogP contribution in [0.2, 0.25) is 0 Å². The standard InChI is InChI=1S/C17H18O/c1-11-8-13(3)17(9-12(11)2)16-7-5-6-15(10-16)14(4)18/h5-10H,1-4H3. The molecule has 1 nitrogen and oxygen atoms in total. The zero-order valence-corrected chi connectivity index (χ0v) is 11.4. The van der Waals surface area contributed by atoms with Crippen LogP contribution in [0.15, 0.2) is 36.4 Å². The molecule has 2 aromatic rings. The fourth-order valence-corrected chi connectivity index (χ4v) is 2.18. The molecule has 0 amide bonds. The molecule has 0 aliphatic heterocycles. The van der Waals surface area contributed by atoms with E-state index in [0.29, 0.717) is 0 Å². The lowest BCUT2D eigenvalue weighted by Gasteiger charge is -2.11. The van der Waals surface area contributed by atoms with Gasteiger partial charge >= 0.3 is 0 Å².